The normalized spacial score (nSPS) is 14.5. The van der Waals surface area contributed by atoms with Gasteiger partial charge in [-0.15, -0.1) is 0 Å². The summed E-state index contributed by atoms with van der Waals surface area (Å²) in [6, 6.07) is 38.0. The fourth-order valence-corrected chi connectivity index (χ4v) is 31.1. The van der Waals surface area contributed by atoms with Crippen molar-refractivity contribution in [2.75, 3.05) is 131 Å². The summed E-state index contributed by atoms with van der Waals surface area (Å²) in [4.78, 5) is 94.8. The van der Waals surface area contributed by atoms with Crippen LogP contribution in [-0.4, -0.2) is 273 Å². The molecule has 109 heavy (non-hydrogen) atoms. The van der Waals surface area contributed by atoms with E-state index >= 15 is 0 Å². The molecule has 1 heterocycles. The third-order valence-electron chi connectivity index (χ3n) is 18.0. The van der Waals surface area contributed by atoms with Crippen LogP contribution in [0.15, 0.2) is 121 Å². The number of halogens is 1. The molecule has 0 N–H and O–H groups in total. The molecule has 3 atom stereocenters. The number of benzene rings is 5. The first kappa shape index (κ1) is 109. The quantitative estimate of drug-likeness (QED) is 0.0116. The van der Waals surface area contributed by atoms with Crippen molar-refractivity contribution in [2.24, 2.45) is 0 Å². The van der Waals surface area contributed by atoms with Crippen molar-refractivity contribution in [3.8, 4) is 0 Å². The molecule has 21 nitrogen and oxygen atoms in total. The second-order valence-electron chi connectivity index (χ2n) is 28.6. The molecular weight excluding hydrogens is 1700 g/mol. The largest absolute Gasteiger partial charge is 0 e. The maximum absolute atomic E-state index is 14.0. The van der Waals surface area contributed by atoms with Gasteiger partial charge in [-0.05, 0) is 49.8 Å². The third-order valence-corrected chi connectivity index (χ3v) is 47.0. The molecule has 31 heteroatoms. The Balaban J connectivity index is 0. The van der Waals surface area contributed by atoms with E-state index in [4.69, 9.17) is 25.2 Å². The number of carbonyl (C=O) groups is 5. The molecule has 0 saturated carbocycles. The van der Waals surface area contributed by atoms with Gasteiger partial charge in [0.2, 0.25) is 0 Å². The van der Waals surface area contributed by atoms with Gasteiger partial charge in [0.25, 0.3) is 5.24 Å². The zero-order valence-electron chi connectivity index (χ0n) is 70.3. The van der Waals surface area contributed by atoms with Crippen LogP contribution >= 0.6 is 34.8 Å². The molecule has 0 aromatic heterocycles. The first-order chi connectivity index (χ1) is 50.3. The van der Waals surface area contributed by atoms with E-state index in [2.05, 4.69) is 56.0 Å². The smallest absolute Gasteiger partial charge is 0 e. The van der Waals surface area contributed by atoms with Crippen molar-refractivity contribution in [3.63, 3.8) is 0 Å². The molecule has 4 radical (unpaired) electrons. The summed E-state index contributed by atoms with van der Waals surface area (Å²) >= 11 is -1.25. The van der Waals surface area contributed by atoms with E-state index < -0.39 is 55.0 Å². The summed E-state index contributed by atoms with van der Waals surface area (Å²) in [7, 11) is 12.8. The van der Waals surface area contributed by atoms with Crippen molar-refractivity contribution < 1.29 is 83.6 Å². The minimum atomic E-state index is -4.23. The van der Waals surface area contributed by atoms with E-state index in [1.807, 2.05) is 207 Å². The van der Waals surface area contributed by atoms with Crippen LogP contribution in [0.3, 0.4) is 0 Å². The van der Waals surface area contributed by atoms with Crippen molar-refractivity contribution in [1.29, 1.82) is 0 Å². The summed E-state index contributed by atoms with van der Waals surface area (Å²) in [5, 5.41) is 8.04. The van der Waals surface area contributed by atoms with Gasteiger partial charge in [-0.2, -0.15) is 0 Å². The molecule has 1 fully saturated rings. The standard InChI is InChI=1S/C32H52GeN2O10P2.C24H34GeN2O2.C10H12ClNO.C4H12Ge.C4H10Ge.C4H9O3P.2Li/c1-9-33(10-2,31(36)29-17-13-27(14-18-29)25-34(3,4)21-11-23-44-46(38,39)42-7)32(37)30-19-15-28(16-20-30)26-35(5,6)22-12-24-45-47(40,41)43-8;1-7-25(8-2,23(28)21-13-9-19(10-14-21)17-26(3)4)24(29)22-15-11-20(12-16-22)18-27(5)6;1-12(2)7-8-3-5-9(6-4-8)10(11)13;2*1-3-5-4-2;1-6-8(5)4-2-3-7-8;;/h13-20H,9-12,21-26H2,1-8H3;9-16H,7-8,17-18H2,1-6H3;3-6H,7H2,1-2H3;3-5H2,1-2H3;3-4H2,1-2H3;2-4H2,1H3;;. The van der Waals surface area contributed by atoms with Crippen molar-refractivity contribution in [1.82, 2.24) is 14.7 Å². The van der Waals surface area contributed by atoms with Gasteiger partial charge >= 0.3 is 507 Å². The second-order valence-corrected chi connectivity index (χ2v) is 62.8. The number of nitrogens with zero attached hydrogens (tertiary/aromatic N) is 5. The van der Waals surface area contributed by atoms with Crippen LogP contribution in [0.4, 0.5) is 0 Å². The van der Waals surface area contributed by atoms with Crippen LogP contribution in [0, 0.1) is 0 Å². The Labute approximate surface area is 702 Å². The van der Waals surface area contributed by atoms with Crippen LogP contribution < -0.4 is 9.79 Å². The van der Waals surface area contributed by atoms with E-state index in [0.29, 0.717) is 125 Å². The maximum atomic E-state index is 14.0. The van der Waals surface area contributed by atoms with E-state index in [-0.39, 0.29) is 84.8 Å². The summed E-state index contributed by atoms with van der Waals surface area (Å²) in [6.45, 7) is 23.0. The molecule has 5 aromatic carbocycles. The van der Waals surface area contributed by atoms with Crippen molar-refractivity contribution >= 4 is 154 Å². The zero-order valence-corrected chi connectivity index (χ0v) is 83.0. The number of hydrogen-bond acceptors (Lipinski definition) is 19. The van der Waals surface area contributed by atoms with Gasteiger partial charge < -0.3 is 32.8 Å². The molecule has 0 spiro atoms. The maximum Gasteiger partial charge on any atom is 0 e. The molecule has 0 amide bonds. The Bertz CT molecular complexity index is 3380. The average molecular weight is 1830 g/mol. The van der Waals surface area contributed by atoms with Crippen LogP contribution in [0.25, 0.3) is 0 Å². The molecule has 1 saturated heterocycles. The van der Waals surface area contributed by atoms with Gasteiger partial charge in [-0.1, -0.05) is 12.1 Å². The number of phosphoric ester groups is 2. The molecule has 1 aliphatic heterocycles. The molecule has 1 aliphatic rings. The predicted octanol–water partition coefficient (Wildman–Crippen LogP) is 14.2. The van der Waals surface area contributed by atoms with Gasteiger partial charge in [-0.25, -0.2) is 0 Å². The first-order valence-corrected chi connectivity index (χ1v) is 59.5. The zero-order chi connectivity index (χ0) is 81.2. The molecule has 602 valence electrons. The molecule has 5 aromatic rings. The Morgan fingerprint density at radius 2 is 0.780 bits per heavy atom. The topological polar surface area (TPSA) is 248 Å². The Morgan fingerprint density at radius 1 is 0.505 bits per heavy atom. The fraction of sp³-hybridized carbons (Fsp3) is 0.551. The van der Waals surface area contributed by atoms with Crippen LogP contribution in [0.5, 0.6) is 0 Å². The summed E-state index contributed by atoms with van der Waals surface area (Å²) < 4.78 is 62.8. The van der Waals surface area contributed by atoms with Gasteiger partial charge in [0.1, 0.15) is 0 Å². The number of hydrogen-bond donors (Lipinski definition) is 0. The van der Waals surface area contributed by atoms with Crippen LogP contribution in [0.1, 0.15) is 154 Å². The van der Waals surface area contributed by atoms with Gasteiger partial charge in [-0.3, -0.25) is 18.5 Å². The SMILES string of the molecule is CN(C)Cc1ccc(C(=O)Cl)cc1.COP1(=O)CCCO1.C[CH2][GeH2][CH2]C.C[CH2][Ge]([CH2]C)([C](=O)c1ccc(CN(C)C)cc1)[C](=O)c1ccc(CN(C)C)cc1.C[CH2][Ge]([CH2]C)([C](=O)c1ccc(C[N+](C)(C)CCCOP(=O)([O-])OC)cc1)[C](=O)c1ccc(C[N+](C)(C)CCCOP(=O)([O-])OC)cc1.C[CH2][Ge][CH2]C.[Li].[Li]. The number of rotatable bonds is 40. The van der Waals surface area contributed by atoms with Gasteiger partial charge in [0, 0.05) is 71.2 Å². The van der Waals surface area contributed by atoms with E-state index in [0.717, 1.165) is 51.4 Å². The predicted molar refractivity (Wildman–Crippen MR) is 455 cm³/mol. The number of quaternary nitrogens is 2. The third kappa shape index (κ3) is 41.8. The summed E-state index contributed by atoms with van der Waals surface area (Å²) in [5.41, 5.74) is 8.61. The number of phosphoric acid groups is 2. The van der Waals surface area contributed by atoms with Crippen LogP contribution in [-0.2, 0) is 73.6 Å². The molecular formula is C78H129ClGe4Li2N5O16P3. The Morgan fingerprint density at radius 3 is 0.963 bits per heavy atom. The molecule has 0 aliphatic carbocycles. The first-order valence-electron chi connectivity index (χ1n) is 37.2. The average Bonchev–Trinajstić information content (AvgIpc) is 0.995. The summed E-state index contributed by atoms with van der Waals surface area (Å²) in [6.07, 6.45) is 2.51. The minimum absolute atomic E-state index is 0. The van der Waals surface area contributed by atoms with Crippen molar-refractivity contribution in [3.05, 3.63) is 177 Å². The van der Waals surface area contributed by atoms with Crippen molar-refractivity contribution in [2.45, 2.75) is 149 Å². The molecule has 6 rings (SSSR count). The molecule has 3 unspecified atom stereocenters. The van der Waals surface area contributed by atoms with Crippen LogP contribution in [0.2, 0.25) is 42.0 Å². The molecule has 0 bridgehead atoms. The van der Waals surface area contributed by atoms with E-state index in [1.165, 1.54) is 44.8 Å². The number of carbonyl (C=O) groups excluding carboxylic acids is 5. The monoisotopic (exact) mass is 1830 g/mol. The fourth-order valence-electron chi connectivity index (χ4n) is 11.8. The van der Waals surface area contributed by atoms with E-state index in [1.54, 1.807) is 12.1 Å². The second kappa shape index (κ2) is 56.6. The van der Waals surface area contributed by atoms with Gasteiger partial charge in [0.15, 0.2) is 0 Å². The van der Waals surface area contributed by atoms with E-state index in [9.17, 15) is 47.5 Å². The Kier molecular flexibility index (Phi) is 56.8. The minimum Gasteiger partial charge on any atom is 0 e. The Hall–Kier alpha value is -1.72. The summed E-state index contributed by atoms with van der Waals surface area (Å²) in [5.74, 6) is 0. The van der Waals surface area contributed by atoms with Gasteiger partial charge in [0.05, 0.1) is 12.8 Å².